The Morgan fingerprint density at radius 1 is 1.38 bits per heavy atom. The molecule has 3 aromatic rings. The van der Waals surface area contributed by atoms with E-state index in [1.165, 1.54) is 24.5 Å². The van der Waals surface area contributed by atoms with Crippen LogP contribution in [-0.4, -0.2) is 24.8 Å². The van der Waals surface area contributed by atoms with Crippen LogP contribution in [-0.2, 0) is 13.7 Å². The molecule has 4 rings (SSSR count). The van der Waals surface area contributed by atoms with Crippen molar-refractivity contribution in [2.24, 2.45) is 7.05 Å². The molecule has 0 N–H and O–H groups in total. The van der Waals surface area contributed by atoms with Gasteiger partial charge in [0.15, 0.2) is 0 Å². The van der Waals surface area contributed by atoms with Crippen LogP contribution in [0.5, 0.6) is 5.19 Å². The van der Waals surface area contributed by atoms with Gasteiger partial charge >= 0.3 is 5.69 Å². The lowest BCUT2D eigenvalue weighted by Crippen LogP contribution is -2.24. The second kappa shape index (κ2) is 5.82. The van der Waals surface area contributed by atoms with Crippen LogP contribution in [0, 0.1) is 5.82 Å². The molecule has 0 spiro atoms. The van der Waals surface area contributed by atoms with Crippen molar-refractivity contribution in [3.63, 3.8) is 0 Å². The van der Waals surface area contributed by atoms with E-state index >= 15 is 0 Å². The molecule has 0 atom stereocenters. The number of aryl methyl sites for hydroxylation is 1. The van der Waals surface area contributed by atoms with Gasteiger partial charge in [-0.1, -0.05) is 17.4 Å². The average Bonchev–Trinajstić information content (AvgIpc) is 3.19. The number of aromatic nitrogens is 5. The molecule has 124 valence electrons. The maximum absolute atomic E-state index is 14.5. The van der Waals surface area contributed by atoms with E-state index in [1.807, 2.05) is 0 Å². The SMILES string of the molecule is Cn1nnn(-c2c(F)ccc(C3CC3)c2COc2nccs2)c1=O. The Morgan fingerprint density at radius 3 is 2.83 bits per heavy atom. The zero-order valence-electron chi connectivity index (χ0n) is 12.8. The number of hydrogen-bond acceptors (Lipinski definition) is 6. The standard InChI is InChI=1S/C15H14FN5O2S/c1-20-15(22)21(19-18-20)13-11(8-23-14-17-6-7-24-14)10(9-2-3-9)4-5-12(13)16/h4-7,9H,2-3,8H2,1H3. The van der Waals surface area contributed by atoms with Crippen molar-refractivity contribution >= 4 is 11.3 Å². The first kappa shape index (κ1) is 15.0. The highest BCUT2D eigenvalue weighted by Gasteiger charge is 2.30. The van der Waals surface area contributed by atoms with E-state index in [4.69, 9.17) is 4.74 Å². The van der Waals surface area contributed by atoms with Gasteiger partial charge < -0.3 is 4.74 Å². The predicted octanol–water partition coefficient (Wildman–Crippen LogP) is 2.02. The summed E-state index contributed by atoms with van der Waals surface area (Å²) in [5.41, 5.74) is 1.21. The Hall–Kier alpha value is -2.55. The molecular formula is C15H14FN5O2S. The summed E-state index contributed by atoms with van der Waals surface area (Å²) in [5, 5.41) is 9.76. The highest BCUT2D eigenvalue weighted by molar-refractivity contribution is 7.11. The van der Waals surface area contributed by atoms with Crippen molar-refractivity contribution < 1.29 is 9.13 Å². The minimum Gasteiger partial charge on any atom is -0.465 e. The zero-order valence-corrected chi connectivity index (χ0v) is 13.7. The van der Waals surface area contributed by atoms with E-state index in [1.54, 1.807) is 17.6 Å². The quantitative estimate of drug-likeness (QED) is 0.706. The van der Waals surface area contributed by atoms with E-state index in [0.717, 1.165) is 27.8 Å². The lowest BCUT2D eigenvalue weighted by atomic mass is 10.0. The number of ether oxygens (including phenoxy) is 1. The monoisotopic (exact) mass is 347 g/mol. The minimum atomic E-state index is -0.528. The Bertz CT molecular complexity index is 930. The molecule has 7 nitrogen and oxygen atoms in total. The molecule has 2 aromatic heterocycles. The molecule has 1 aliphatic rings. The third-order valence-corrected chi connectivity index (χ3v) is 4.65. The van der Waals surface area contributed by atoms with Crippen LogP contribution < -0.4 is 10.4 Å². The zero-order chi connectivity index (χ0) is 16.7. The maximum Gasteiger partial charge on any atom is 0.368 e. The third-order valence-electron chi connectivity index (χ3n) is 3.97. The number of thiazole rings is 1. The molecule has 0 unspecified atom stereocenters. The van der Waals surface area contributed by atoms with Crippen LogP contribution in [0.3, 0.4) is 0 Å². The van der Waals surface area contributed by atoms with Crippen molar-refractivity contribution in [2.45, 2.75) is 25.4 Å². The van der Waals surface area contributed by atoms with Gasteiger partial charge in [0.25, 0.3) is 5.19 Å². The molecular weight excluding hydrogens is 333 g/mol. The van der Waals surface area contributed by atoms with Crippen LogP contribution in [0.1, 0.15) is 29.9 Å². The van der Waals surface area contributed by atoms with E-state index in [9.17, 15) is 9.18 Å². The first-order valence-corrected chi connectivity index (χ1v) is 8.36. The summed E-state index contributed by atoms with van der Waals surface area (Å²) >= 11 is 1.36. The highest BCUT2D eigenvalue weighted by Crippen LogP contribution is 2.43. The topological polar surface area (TPSA) is 74.8 Å². The molecule has 0 amide bonds. The van der Waals surface area contributed by atoms with E-state index in [2.05, 4.69) is 15.4 Å². The van der Waals surface area contributed by atoms with Gasteiger partial charge in [-0.25, -0.2) is 14.2 Å². The highest BCUT2D eigenvalue weighted by atomic mass is 32.1. The summed E-state index contributed by atoms with van der Waals surface area (Å²) < 4.78 is 22.3. The van der Waals surface area contributed by atoms with Crippen LogP contribution in [0.15, 0.2) is 28.5 Å². The van der Waals surface area contributed by atoms with Crippen LogP contribution in [0.4, 0.5) is 4.39 Å². The third kappa shape index (κ3) is 2.60. The Kier molecular flexibility index (Phi) is 3.64. The van der Waals surface area contributed by atoms with Gasteiger partial charge in [-0.2, -0.15) is 9.36 Å². The van der Waals surface area contributed by atoms with Gasteiger partial charge in [0.2, 0.25) is 0 Å². The molecule has 0 radical (unpaired) electrons. The van der Waals surface area contributed by atoms with E-state index in [-0.39, 0.29) is 12.3 Å². The van der Waals surface area contributed by atoms with Crippen molar-refractivity contribution in [3.8, 4) is 10.9 Å². The van der Waals surface area contributed by atoms with Crippen LogP contribution in [0.2, 0.25) is 0 Å². The molecule has 1 saturated carbocycles. The van der Waals surface area contributed by atoms with Gasteiger partial charge in [0.1, 0.15) is 18.1 Å². The molecule has 0 aliphatic heterocycles. The number of tetrazole rings is 1. The van der Waals surface area contributed by atoms with Gasteiger partial charge in [-0.05, 0) is 40.8 Å². The Balaban J connectivity index is 1.82. The molecule has 1 fully saturated rings. The number of rotatable bonds is 5. The number of hydrogen-bond donors (Lipinski definition) is 0. The van der Waals surface area contributed by atoms with Crippen LogP contribution >= 0.6 is 11.3 Å². The summed E-state index contributed by atoms with van der Waals surface area (Å²) in [4.78, 5) is 16.3. The van der Waals surface area contributed by atoms with Crippen molar-refractivity contribution in [2.75, 3.05) is 0 Å². The second-order valence-corrected chi connectivity index (χ2v) is 6.48. The molecule has 1 aromatic carbocycles. The van der Waals surface area contributed by atoms with Crippen molar-refractivity contribution in [3.05, 3.63) is 51.1 Å². The summed E-state index contributed by atoms with van der Waals surface area (Å²) in [6.45, 7) is 0.120. The molecule has 1 aliphatic carbocycles. The van der Waals surface area contributed by atoms with Gasteiger partial charge in [-0.3, -0.25) is 0 Å². The summed E-state index contributed by atoms with van der Waals surface area (Å²) in [5.74, 6) is -0.161. The summed E-state index contributed by atoms with van der Waals surface area (Å²) in [6.07, 6.45) is 3.73. The predicted molar refractivity (Wildman–Crippen MR) is 85.0 cm³/mol. The maximum atomic E-state index is 14.5. The van der Waals surface area contributed by atoms with Gasteiger partial charge in [0.05, 0.1) is 0 Å². The van der Waals surface area contributed by atoms with E-state index < -0.39 is 11.5 Å². The molecule has 9 heteroatoms. The fraction of sp³-hybridized carbons (Fsp3) is 0.333. The molecule has 0 saturated heterocycles. The normalized spacial score (nSPS) is 14.1. The largest absolute Gasteiger partial charge is 0.465 e. The van der Waals surface area contributed by atoms with Crippen molar-refractivity contribution in [1.29, 1.82) is 0 Å². The average molecular weight is 347 g/mol. The number of nitrogens with zero attached hydrogens (tertiary/aromatic N) is 5. The van der Waals surface area contributed by atoms with E-state index in [0.29, 0.717) is 16.7 Å². The summed E-state index contributed by atoms with van der Waals surface area (Å²) in [7, 11) is 1.47. The Morgan fingerprint density at radius 2 is 2.21 bits per heavy atom. The van der Waals surface area contributed by atoms with Gasteiger partial charge in [0, 0.05) is 24.2 Å². The lowest BCUT2D eigenvalue weighted by molar-refractivity contribution is 0.301. The second-order valence-electron chi connectivity index (χ2n) is 5.62. The smallest absolute Gasteiger partial charge is 0.368 e. The molecule has 0 bridgehead atoms. The molecule has 2 heterocycles. The van der Waals surface area contributed by atoms with Gasteiger partial charge in [-0.15, -0.1) is 0 Å². The number of benzene rings is 1. The minimum absolute atomic E-state index is 0.106. The molecule has 24 heavy (non-hydrogen) atoms. The first-order chi connectivity index (χ1) is 11.6. The number of halogens is 1. The summed E-state index contributed by atoms with van der Waals surface area (Å²) in [6, 6.07) is 3.13. The van der Waals surface area contributed by atoms with Crippen LogP contribution in [0.25, 0.3) is 5.69 Å². The Labute approximate surface area is 140 Å². The fourth-order valence-corrected chi connectivity index (χ4v) is 3.14. The van der Waals surface area contributed by atoms with Crippen molar-refractivity contribution in [1.82, 2.24) is 24.8 Å². The lowest BCUT2D eigenvalue weighted by Gasteiger charge is -2.14. The fourth-order valence-electron chi connectivity index (χ4n) is 2.65. The first-order valence-electron chi connectivity index (χ1n) is 7.48.